The molecule has 2 N–H and O–H groups in total. The van der Waals surface area contributed by atoms with Crippen molar-refractivity contribution in [2.24, 2.45) is 0 Å². The van der Waals surface area contributed by atoms with Gasteiger partial charge in [-0.2, -0.15) is 0 Å². The van der Waals surface area contributed by atoms with Gasteiger partial charge in [-0.05, 0) is 13.0 Å². The van der Waals surface area contributed by atoms with E-state index in [0.29, 0.717) is 11.6 Å². The van der Waals surface area contributed by atoms with Crippen molar-refractivity contribution < 1.29 is 9.53 Å². The molecule has 0 unspecified atom stereocenters. The van der Waals surface area contributed by atoms with Gasteiger partial charge in [-0.15, -0.1) is 0 Å². The number of carbonyl (C=O) groups excluding carboxylic acids is 1. The number of ether oxygens (including phenoxy) is 1. The molecule has 0 bridgehead atoms. The number of carbonyl (C=O) groups is 1. The molecule has 0 fully saturated rings. The fourth-order valence-corrected chi connectivity index (χ4v) is 1.84. The predicted octanol–water partition coefficient (Wildman–Crippen LogP) is 2.59. The lowest BCUT2D eigenvalue weighted by Crippen LogP contribution is -2.30. The highest BCUT2D eigenvalue weighted by molar-refractivity contribution is 7.80. The smallest absolute Gasteiger partial charge is 0.412 e. The Morgan fingerprint density at radius 3 is 3.00 bits per heavy atom. The number of nitrogens with one attached hydrogen (secondary N) is 2. The number of hydrogen-bond acceptors (Lipinski definition) is 3. The Hall–Kier alpha value is -1.88. The lowest BCUT2D eigenvalue weighted by atomic mass is 10.2. The number of aromatic amines is 1. The van der Waals surface area contributed by atoms with Crippen LogP contribution in [0, 0.1) is 0 Å². The average Bonchev–Trinajstić information content (AvgIpc) is 2.72. The molecule has 0 saturated carbocycles. The van der Waals surface area contributed by atoms with Gasteiger partial charge in [-0.1, -0.05) is 30.4 Å². The number of amides is 1. The predicted molar refractivity (Wildman–Crippen MR) is 70.2 cm³/mol. The maximum absolute atomic E-state index is 11.3. The van der Waals surface area contributed by atoms with Gasteiger partial charge < -0.3 is 9.72 Å². The van der Waals surface area contributed by atoms with Gasteiger partial charge in [0, 0.05) is 22.7 Å². The Balaban J connectivity index is 2.22. The first-order valence-electron chi connectivity index (χ1n) is 5.26. The van der Waals surface area contributed by atoms with E-state index in [1.807, 2.05) is 24.3 Å². The number of para-hydroxylation sites is 1. The van der Waals surface area contributed by atoms with E-state index in [2.05, 4.69) is 10.3 Å². The second-order valence-electron chi connectivity index (χ2n) is 3.42. The van der Waals surface area contributed by atoms with Crippen molar-refractivity contribution in [3.05, 3.63) is 36.0 Å². The number of benzene rings is 1. The number of hydrogen-bond donors (Lipinski definition) is 2. The number of rotatable bonds is 2. The molecule has 2 rings (SSSR count). The molecule has 2 aromatic rings. The van der Waals surface area contributed by atoms with Crippen molar-refractivity contribution in [1.29, 1.82) is 0 Å². The maximum atomic E-state index is 11.3. The van der Waals surface area contributed by atoms with E-state index in [9.17, 15) is 4.79 Å². The lowest BCUT2D eigenvalue weighted by molar-refractivity contribution is 0.158. The Kier molecular flexibility index (Phi) is 3.39. The van der Waals surface area contributed by atoms with Crippen LogP contribution in [0.3, 0.4) is 0 Å². The SMILES string of the molecule is CCOC(=O)NC(=S)c1c[nH]c2ccccc12. The van der Waals surface area contributed by atoms with Crippen LogP contribution < -0.4 is 5.32 Å². The van der Waals surface area contributed by atoms with E-state index in [4.69, 9.17) is 17.0 Å². The first-order chi connectivity index (χ1) is 8.22. The first kappa shape index (κ1) is 11.6. The fraction of sp³-hybridized carbons (Fsp3) is 0.167. The van der Waals surface area contributed by atoms with Gasteiger partial charge >= 0.3 is 6.09 Å². The number of thiocarbonyl (C=S) groups is 1. The summed E-state index contributed by atoms with van der Waals surface area (Å²) in [6.45, 7) is 2.07. The van der Waals surface area contributed by atoms with Gasteiger partial charge in [0.05, 0.1) is 6.61 Å². The highest BCUT2D eigenvalue weighted by Gasteiger charge is 2.11. The molecule has 0 aliphatic carbocycles. The van der Waals surface area contributed by atoms with E-state index in [1.165, 1.54) is 0 Å². The summed E-state index contributed by atoms with van der Waals surface area (Å²) in [5, 5.41) is 3.51. The second kappa shape index (κ2) is 4.97. The molecular formula is C12H12N2O2S. The highest BCUT2D eigenvalue weighted by atomic mass is 32.1. The standard InChI is InChI=1S/C12H12N2O2S/c1-2-16-12(15)14-11(17)9-7-13-10-6-4-3-5-8(9)10/h3-7,13H,2H2,1H3,(H,14,15,17). The van der Waals surface area contributed by atoms with Crippen LogP contribution in [-0.4, -0.2) is 22.7 Å². The van der Waals surface area contributed by atoms with E-state index in [1.54, 1.807) is 13.1 Å². The van der Waals surface area contributed by atoms with Crippen LogP contribution in [0.1, 0.15) is 12.5 Å². The summed E-state index contributed by atoms with van der Waals surface area (Å²) >= 11 is 5.16. The van der Waals surface area contributed by atoms with Crippen molar-refractivity contribution in [2.75, 3.05) is 6.61 Å². The van der Waals surface area contributed by atoms with Crippen molar-refractivity contribution in [3.8, 4) is 0 Å². The third-order valence-corrected chi connectivity index (χ3v) is 2.65. The Bertz CT molecular complexity index is 562. The minimum atomic E-state index is -0.525. The molecule has 0 aliphatic rings. The summed E-state index contributed by atoms with van der Waals surface area (Å²) < 4.78 is 4.77. The highest BCUT2D eigenvalue weighted by Crippen LogP contribution is 2.17. The molecule has 1 amide bonds. The molecule has 88 valence electrons. The quantitative estimate of drug-likeness (QED) is 0.803. The van der Waals surface area contributed by atoms with Gasteiger partial charge in [0.1, 0.15) is 4.99 Å². The fourth-order valence-electron chi connectivity index (χ4n) is 1.59. The lowest BCUT2D eigenvalue weighted by Gasteiger charge is -2.05. The minimum absolute atomic E-state index is 0.322. The van der Waals surface area contributed by atoms with Gasteiger partial charge in [0.15, 0.2) is 0 Å². The summed E-state index contributed by atoms with van der Waals surface area (Å²) in [6.07, 6.45) is 1.25. The van der Waals surface area contributed by atoms with Gasteiger partial charge in [0.2, 0.25) is 0 Å². The third kappa shape index (κ3) is 2.45. The molecule has 4 nitrogen and oxygen atoms in total. The number of alkyl carbamates (subject to hydrolysis) is 1. The van der Waals surface area contributed by atoms with Crippen LogP contribution in [-0.2, 0) is 4.74 Å². The average molecular weight is 248 g/mol. The number of fused-ring (bicyclic) bond motifs is 1. The summed E-state index contributed by atoms with van der Waals surface area (Å²) in [6, 6.07) is 7.75. The summed E-state index contributed by atoms with van der Waals surface area (Å²) in [4.78, 5) is 14.7. The molecule has 1 heterocycles. The summed E-state index contributed by atoms with van der Waals surface area (Å²) in [7, 11) is 0. The Labute approximate surface area is 104 Å². The van der Waals surface area contributed by atoms with E-state index < -0.39 is 6.09 Å². The summed E-state index contributed by atoms with van der Waals surface area (Å²) in [5.74, 6) is 0. The van der Waals surface area contributed by atoms with Crippen molar-refractivity contribution in [2.45, 2.75) is 6.92 Å². The maximum Gasteiger partial charge on any atom is 0.412 e. The number of aromatic nitrogens is 1. The zero-order valence-corrected chi connectivity index (χ0v) is 10.1. The molecule has 0 atom stereocenters. The Morgan fingerprint density at radius 1 is 1.47 bits per heavy atom. The summed E-state index contributed by atoms with van der Waals surface area (Å²) in [5.41, 5.74) is 1.78. The molecule has 1 aromatic carbocycles. The number of H-pyrrole nitrogens is 1. The van der Waals surface area contributed by atoms with E-state index in [0.717, 1.165) is 16.5 Å². The van der Waals surface area contributed by atoms with Crippen molar-refractivity contribution in [1.82, 2.24) is 10.3 Å². The molecule has 0 aliphatic heterocycles. The normalized spacial score (nSPS) is 10.2. The van der Waals surface area contributed by atoms with E-state index in [-0.39, 0.29) is 0 Å². The Morgan fingerprint density at radius 2 is 2.24 bits per heavy atom. The van der Waals surface area contributed by atoms with Crippen LogP contribution >= 0.6 is 12.2 Å². The third-order valence-electron chi connectivity index (χ3n) is 2.32. The topological polar surface area (TPSA) is 54.1 Å². The van der Waals surface area contributed by atoms with Crippen LogP contribution in [0.4, 0.5) is 4.79 Å². The molecule has 17 heavy (non-hydrogen) atoms. The van der Waals surface area contributed by atoms with Crippen LogP contribution in [0.5, 0.6) is 0 Å². The van der Waals surface area contributed by atoms with Gasteiger partial charge in [0.25, 0.3) is 0 Å². The monoisotopic (exact) mass is 248 g/mol. The van der Waals surface area contributed by atoms with Crippen LogP contribution in [0.2, 0.25) is 0 Å². The molecule has 0 radical (unpaired) electrons. The molecule has 1 aromatic heterocycles. The van der Waals surface area contributed by atoms with E-state index >= 15 is 0 Å². The zero-order chi connectivity index (χ0) is 12.3. The minimum Gasteiger partial charge on any atom is -0.450 e. The molecule has 5 heteroatoms. The molecular weight excluding hydrogens is 236 g/mol. The first-order valence-corrected chi connectivity index (χ1v) is 5.67. The largest absolute Gasteiger partial charge is 0.450 e. The van der Waals surface area contributed by atoms with Crippen LogP contribution in [0.25, 0.3) is 10.9 Å². The van der Waals surface area contributed by atoms with Crippen molar-refractivity contribution >= 4 is 34.2 Å². The zero-order valence-electron chi connectivity index (χ0n) is 9.32. The molecule has 0 spiro atoms. The van der Waals surface area contributed by atoms with Crippen molar-refractivity contribution in [3.63, 3.8) is 0 Å². The van der Waals surface area contributed by atoms with Gasteiger partial charge in [-0.25, -0.2) is 4.79 Å². The van der Waals surface area contributed by atoms with Gasteiger partial charge in [-0.3, -0.25) is 5.32 Å². The molecule has 0 saturated heterocycles. The second-order valence-corrected chi connectivity index (χ2v) is 3.83. The van der Waals surface area contributed by atoms with Crippen LogP contribution in [0.15, 0.2) is 30.5 Å².